The zero-order chi connectivity index (χ0) is 20.5. The highest BCUT2D eigenvalue weighted by Gasteiger charge is 2.26. The van der Waals surface area contributed by atoms with Crippen LogP contribution < -0.4 is 11.4 Å². The molecule has 2 rings (SSSR count). The molecule has 27 heavy (non-hydrogen) atoms. The molecule has 2 aromatic rings. The Labute approximate surface area is 155 Å². The van der Waals surface area contributed by atoms with E-state index in [2.05, 4.69) is 0 Å². The summed E-state index contributed by atoms with van der Waals surface area (Å²) in [4.78, 5) is 47.7. The quantitative estimate of drug-likeness (QED) is 0.726. The number of hydrogen-bond acceptors (Lipinski definition) is 5. The average molecular weight is 377 g/mol. The molecule has 1 amide bonds. The van der Waals surface area contributed by atoms with Crippen LogP contribution in [0.3, 0.4) is 0 Å². The average Bonchev–Trinajstić information content (AvgIpc) is 2.77. The van der Waals surface area contributed by atoms with E-state index in [1.807, 2.05) is 0 Å². The van der Waals surface area contributed by atoms with Gasteiger partial charge in [-0.15, -0.1) is 0 Å². The summed E-state index contributed by atoms with van der Waals surface area (Å²) >= 11 is 0. The molecule has 9 heteroatoms. The van der Waals surface area contributed by atoms with E-state index in [1.165, 1.54) is 34.4 Å². The third kappa shape index (κ3) is 4.36. The topological polar surface area (TPSA) is 134 Å². The largest absolute Gasteiger partial charge is 0.478 e. The first-order chi connectivity index (χ1) is 12.4. The fourth-order valence-electron chi connectivity index (χ4n) is 2.84. The van der Waals surface area contributed by atoms with Crippen molar-refractivity contribution in [1.29, 1.82) is 0 Å². The molecule has 0 spiro atoms. The van der Waals surface area contributed by atoms with E-state index in [1.54, 1.807) is 20.8 Å². The molecular weight excluding hydrogens is 354 g/mol. The second kappa shape index (κ2) is 7.26. The van der Waals surface area contributed by atoms with E-state index < -0.39 is 35.2 Å². The highest BCUT2D eigenvalue weighted by Crippen LogP contribution is 2.22. The van der Waals surface area contributed by atoms with Gasteiger partial charge in [0.25, 0.3) is 0 Å². The normalized spacial score (nSPS) is 12.7. The molecule has 9 nitrogen and oxygen atoms in total. The molecule has 3 N–H and O–H groups in total. The monoisotopic (exact) mass is 377 g/mol. The van der Waals surface area contributed by atoms with Crippen LogP contribution in [0.4, 0.5) is 0 Å². The SMILES string of the molecule is Cn1c(=O)n([C@H](CCC(=O)OC(C)(C)C)C(N)=O)c2ccc(C(=O)O)cc21. The second-order valence-electron chi connectivity index (χ2n) is 7.26. The van der Waals surface area contributed by atoms with Crippen LogP contribution in [0.15, 0.2) is 23.0 Å². The number of benzene rings is 1. The minimum absolute atomic E-state index is 0.00997. The lowest BCUT2D eigenvalue weighted by Gasteiger charge is -2.20. The molecule has 0 aliphatic carbocycles. The Bertz CT molecular complexity index is 964. The van der Waals surface area contributed by atoms with Crippen LogP contribution in [-0.2, 0) is 21.4 Å². The fourth-order valence-corrected chi connectivity index (χ4v) is 2.84. The number of nitrogens with zero attached hydrogens (tertiary/aromatic N) is 2. The molecule has 1 heterocycles. The van der Waals surface area contributed by atoms with Crippen molar-refractivity contribution >= 4 is 28.9 Å². The Morgan fingerprint density at radius 2 is 1.85 bits per heavy atom. The zero-order valence-electron chi connectivity index (χ0n) is 15.7. The molecule has 1 atom stereocenters. The molecule has 0 aliphatic rings. The number of aromatic carboxylic acids is 1. The molecular formula is C18H23N3O6. The lowest BCUT2D eigenvalue weighted by Crippen LogP contribution is -2.35. The molecule has 0 fully saturated rings. The number of ether oxygens (including phenoxy) is 1. The summed E-state index contributed by atoms with van der Waals surface area (Å²) < 4.78 is 7.65. The van der Waals surface area contributed by atoms with Gasteiger partial charge in [-0.2, -0.15) is 0 Å². The number of aromatic nitrogens is 2. The Morgan fingerprint density at radius 1 is 1.22 bits per heavy atom. The number of nitrogens with two attached hydrogens (primary N) is 1. The number of aryl methyl sites for hydroxylation is 1. The molecule has 0 radical (unpaired) electrons. The van der Waals surface area contributed by atoms with Crippen molar-refractivity contribution in [3.8, 4) is 0 Å². The third-order valence-corrected chi connectivity index (χ3v) is 4.02. The van der Waals surface area contributed by atoms with Crippen LogP contribution in [-0.4, -0.2) is 37.7 Å². The van der Waals surface area contributed by atoms with Crippen LogP contribution >= 0.6 is 0 Å². The van der Waals surface area contributed by atoms with Crippen molar-refractivity contribution in [2.75, 3.05) is 0 Å². The Morgan fingerprint density at radius 3 is 2.37 bits per heavy atom. The van der Waals surface area contributed by atoms with Crippen molar-refractivity contribution in [2.45, 2.75) is 45.3 Å². The van der Waals surface area contributed by atoms with Gasteiger partial charge in [0.2, 0.25) is 5.91 Å². The van der Waals surface area contributed by atoms with E-state index in [4.69, 9.17) is 15.6 Å². The lowest BCUT2D eigenvalue weighted by molar-refractivity contribution is -0.155. The first-order valence-corrected chi connectivity index (χ1v) is 8.38. The van der Waals surface area contributed by atoms with E-state index in [0.29, 0.717) is 11.0 Å². The van der Waals surface area contributed by atoms with Gasteiger partial charge >= 0.3 is 17.6 Å². The molecule has 0 saturated carbocycles. The van der Waals surface area contributed by atoms with Gasteiger partial charge in [0, 0.05) is 13.5 Å². The van der Waals surface area contributed by atoms with Gasteiger partial charge < -0.3 is 15.6 Å². The number of primary amides is 1. The van der Waals surface area contributed by atoms with Crippen molar-refractivity contribution < 1.29 is 24.2 Å². The van der Waals surface area contributed by atoms with E-state index in [9.17, 15) is 19.2 Å². The number of esters is 1. The zero-order valence-corrected chi connectivity index (χ0v) is 15.7. The van der Waals surface area contributed by atoms with Gasteiger partial charge in [0.05, 0.1) is 16.6 Å². The van der Waals surface area contributed by atoms with E-state index in [0.717, 1.165) is 0 Å². The molecule has 0 saturated heterocycles. The summed E-state index contributed by atoms with van der Waals surface area (Å²) in [7, 11) is 1.47. The summed E-state index contributed by atoms with van der Waals surface area (Å²) in [6, 6.07) is 3.07. The summed E-state index contributed by atoms with van der Waals surface area (Å²) in [5.74, 6) is -2.40. The van der Waals surface area contributed by atoms with Crippen molar-refractivity contribution in [1.82, 2.24) is 9.13 Å². The minimum Gasteiger partial charge on any atom is -0.478 e. The first kappa shape index (κ1) is 20.2. The van der Waals surface area contributed by atoms with E-state index >= 15 is 0 Å². The number of imidazole rings is 1. The molecule has 146 valence electrons. The Balaban J connectivity index is 2.43. The van der Waals surface area contributed by atoms with E-state index in [-0.39, 0.29) is 18.4 Å². The van der Waals surface area contributed by atoms with Crippen LogP contribution in [0.2, 0.25) is 0 Å². The van der Waals surface area contributed by atoms with Gasteiger partial charge in [0.1, 0.15) is 11.6 Å². The highest BCUT2D eigenvalue weighted by atomic mass is 16.6. The van der Waals surface area contributed by atoms with Crippen LogP contribution in [0, 0.1) is 0 Å². The first-order valence-electron chi connectivity index (χ1n) is 8.38. The molecule has 1 aromatic heterocycles. The van der Waals surface area contributed by atoms with Crippen LogP contribution in [0.5, 0.6) is 0 Å². The number of carboxylic acid groups (broad SMARTS) is 1. The molecule has 1 aromatic carbocycles. The minimum atomic E-state index is -1.13. The summed E-state index contributed by atoms with van der Waals surface area (Å²) in [6.45, 7) is 5.18. The van der Waals surface area contributed by atoms with Gasteiger partial charge in [-0.3, -0.25) is 18.7 Å². The maximum Gasteiger partial charge on any atom is 0.335 e. The predicted octanol–water partition coefficient (Wildman–Crippen LogP) is 1.19. The Kier molecular flexibility index (Phi) is 5.43. The van der Waals surface area contributed by atoms with Gasteiger partial charge in [-0.25, -0.2) is 9.59 Å². The summed E-state index contributed by atoms with van der Waals surface area (Å²) in [5, 5.41) is 9.13. The fraction of sp³-hybridized carbons (Fsp3) is 0.444. The third-order valence-electron chi connectivity index (χ3n) is 4.02. The molecule has 0 unspecified atom stereocenters. The maximum atomic E-state index is 12.6. The summed E-state index contributed by atoms with van der Waals surface area (Å²) in [5.41, 5.74) is 5.01. The van der Waals surface area contributed by atoms with Gasteiger partial charge in [-0.05, 0) is 45.4 Å². The maximum absolute atomic E-state index is 12.6. The smallest absolute Gasteiger partial charge is 0.335 e. The number of fused-ring (bicyclic) bond motifs is 1. The number of carbonyl (C=O) groups excluding carboxylic acids is 2. The summed E-state index contributed by atoms with van der Waals surface area (Å²) in [6.07, 6.45) is -0.106. The Hall–Kier alpha value is -3.10. The standard InChI is InChI=1S/C18H23N3O6/c1-18(2,3)27-14(22)8-7-12(15(19)23)21-11-6-5-10(16(24)25)9-13(11)20(4)17(21)26/h5-6,9,12H,7-8H2,1-4H3,(H2,19,23)(H,24,25)/t12-/m1/s1. The number of carbonyl (C=O) groups is 3. The number of hydrogen-bond donors (Lipinski definition) is 2. The van der Waals surface area contributed by atoms with Crippen molar-refractivity contribution in [3.63, 3.8) is 0 Å². The van der Waals surface area contributed by atoms with Gasteiger partial charge in [-0.1, -0.05) is 0 Å². The van der Waals surface area contributed by atoms with Crippen LogP contribution in [0.25, 0.3) is 11.0 Å². The predicted molar refractivity (Wildman–Crippen MR) is 97.4 cm³/mol. The number of amides is 1. The highest BCUT2D eigenvalue weighted by molar-refractivity contribution is 5.93. The van der Waals surface area contributed by atoms with Crippen LogP contribution in [0.1, 0.15) is 50.0 Å². The lowest BCUT2D eigenvalue weighted by atomic mass is 10.1. The van der Waals surface area contributed by atoms with Crippen molar-refractivity contribution in [2.24, 2.45) is 12.8 Å². The second-order valence-corrected chi connectivity index (χ2v) is 7.26. The number of rotatable bonds is 6. The molecule has 0 bridgehead atoms. The molecule has 0 aliphatic heterocycles. The number of carboxylic acids is 1. The van der Waals surface area contributed by atoms with Crippen molar-refractivity contribution in [3.05, 3.63) is 34.2 Å². The van der Waals surface area contributed by atoms with Gasteiger partial charge in [0.15, 0.2) is 0 Å².